The van der Waals surface area contributed by atoms with Gasteiger partial charge in [-0.2, -0.15) is 0 Å². The van der Waals surface area contributed by atoms with Crippen molar-refractivity contribution in [3.8, 4) is 0 Å². The Hall–Kier alpha value is -2.82. The summed E-state index contributed by atoms with van der Waals surface area (Å²) in [5.74, 6) is 0.453. The first-order valence-corrected chi connectivity index (χ1v) is 7.96. The number of amidine groups is 1. The number of nitrogens with one attached hydrogen (secondary N) is 2. The standard InChI is InChI=1S/C19H22N4O/c1-19(2,3)18(20)22-14-10-6-4-8-12(14)16-21-15-11-7-5-9-13(15)17(24)23-16/h4-11,16,21H,1-3H3,(H2,20,22)(H,23,24)/t16-/m1/s1. The number of anilines is 1. The molecule has 2 aromatic rings. The van der Waals surface area contributed by atoms with Crippen LogP contribution in [0.15, 0.2) is 53.5 Å². The van der Waals surface area contributed by atoms with Gasteiger partial charge < -0.3 is 16.4 Å². The SMILES string of the molecule is CC(C)(C)C(N)=Nc1ccccc1[C@H]1NC(=O)c2ccccc2N1. The lowest BCUT2D eigenvalue weighted by molar-refractivity contribution is 0.0936. The molecule has 2 aromatic carbocycles. The number of rotatable bonds is 2. The normalized spacial score (nSPS) is 17.7. The molecule has 0 bridgehead atoms. The molecule has 1 heterocycles. The lowest BCUT2D eigenvalue weighted by Gasteiger charge is -2.29. The average molecular weight is 322 g/mol. The average Bonchev–Trinajstić information content (AvgIpc) is 2.54. The molecule has 4 N–H and O–H groups in total. The molecule has 0 saturated heterocycles. The van der Waals surface area contributed by atoms with Crippen molar-refractivity contribution in [1.29, 1.82) is 0 Å². The van der Waals surface area contributed by atoms with Crippen LogP contribution in [0.1, 0.15) is 42.9 Å². The van der Waals surface area contributed by atoms with Crippen molar-refractivity contribution in [3.63, 3.8) is 0 Å². The molecular formula is C19H22N4O. The number of nitrogens with two attached hydrogens (primary N) is 1. The monoisotopic (exact) mass is 322 g/mol. The third kappa shape index (κ3) is 3.11. The number of hydrogen-bond acceptors (Lipinski definition) is 3. The van der Waals surface area contributed by atoms with E-state index in [1.54, 1.807) is 6.07 Å². The number of fused-ring (bicyclic) bond motifs is 1. The molecule has 3 rings (SSSR count). The highest BCUT2D eigenvalue weighted by Crippen LogP contribution is 2.32. The molecule has 0 aliphatic carbocycles. The van der Waals surface area contributed by atoms with Crippen LogP contribution in [-0.2, 0) is 0 Å². The van der Waals surface area contributed by atoms with E-state index < -0.39 is 0 Å². The number of carbonyl (C=O) groups is 1. The first kappa shape index (κ1) is 16.1. The lowest BCUT2D eigenvalue weighted by Crippen LogP contribution is -2.38. The summed E-state index contributed by atoms with van der Waals surface area (Å²) in [6.07, 6.45) is -0.347. The van der Waals surface area contributed by atoms with Crippen LogP contribution in [0.25, 0.3) is 0 Å². The highest BCUT2D eigenvalue weighted by molar-refractivity contribution is 6.01. The summed E-state index contributed by atoms with van der Waals surface area (Å²) in [4.78, 5) is 16.9. The Balaban J connectivity index is 1.99. The van der Waals surface area contributed by atoms with Gasteiger partial charge in [-0.3, -0.25) is 4.79 Å². The van der Waals surface area contributed by atoms with Crippen molar-refractivity contribution in [2.75, 3.05) is 5.32 Å². The van der Waals surface area contributed by atoms with Crippen molar-refractivity contribution in [2.45, 2.75) is 26.9 Å². The van der Waals surface area contributed by atoms with E-state index in [0.717, 1.165) is 16.9 Å². The third-order valence-corrected chi connectivity index (χ3v) is 4.00. The quantitative estimate of drug-likeness (QED) is 0.584. The maximum atomic E-state index is 12.4. The van der Waals surface area contributed by atoms with Gasteiger partial charge in [-0.15, -0.1) is 0 Å². The zero-order valence-electron chi connectivity index (χ0n) is 14.1. The van der Waals surface area contributed by atoms with Crippen molar-refractivity contribution in [3.05, 3.63) is 59.7 Å². The molecule has 5 heteroatoms. The second-order valence-electron chi connectivity index (χ2n) is 6.90. The maximum absolute atomic E-state index is 12.4. The maximum Gasteiger partial charge on any atom is 0.255 e. The van der Waals surface area contributed by atoms with Crippen LogP contribution in [0.4, 0.5) is 11.4 Å². The Labute approximate surface area is 142 Å². The smallest absolute Gasteiger partial charge is 0.255 e. The highest BCUT2D eigenvalue weighted by atomic mass is 16.2. The minimum absolute atomic E-state index is 0.100. The van der Waals surface area contributed by atoms with Crippen LogP contribution in [0, 0.1) is 5.41 Å². The summed E-state index contributed by atoms with van der Waals surface area (Å²) in [5, 5.41) is 6.34. The lowest BCUT2D eigenvalue weighted by atomic mass is 9.95. The molecule has 1 atom stereocenters. The molecule has 0 unspecified atom stereocenters. The number of hydrogen-bond donors (Lipinski definition) is 3. The topological polar surface area (TPSA) is 79.5 Å². The predicted molar refractivity (Wildman–Crippen MR) is 97.5 cm³/mol. The molecule has 5 nitrogen and oxygen atoms in total. The van der Waals surface area contributed by atoms with Crippen LogP contribution in [0.2, 0.25) is 0 Å². The van der Waals surface area contributed by atoms with Crippen molar-refractivity contribution >= 4 is 23.1 Å². The zero-order chi connectivity index (χ0) is 17.3. The van der Waals surface area contributed by atoms with Crippen LogP contribution in [-0.4, -0.2) is 11.7 Å². The molecule has 1 amide bonds. The molecular weight excluding hydrogens is 300 g/mol. The van der Waals surface area contributed by atoms with Crippen molar-refractivity contribution in [1.82, 2.24) is 5.32 Å². The Bertz CT molecular complexity index is 805. The number of benzene rings is 2. The zero-order valence-corrected chi connectivity index (χ0v) is 14.1. The van der Waals surface area contributed by atoms with Crippen LogP contribution < -0.4 is 16.4 Å². The van der Waals surface area contributed by atoms with Crippen molar-refractivity contribution in [2.24, 2.45) is 16.1 Å². The number of aliphatic imine (C=N–C) groups is 1. The molecule has 0 spiro atoms. The Morgan fingerprint density at radius 2 is 1.71 bits per heavy atom. The molecule has 24 heavy (non-hydrogen) atoms. The number of nitrogens with zero attached hydrogens (tertiary/aromatic N) is 1. The van der Waals surface area contributed by atoms with Gasteiger partial charge in [0.25, 0.3) is 5.91 Å². The molecule has 0 radical (unpaired) electrons. The molecule has 124 valence electrons. The van der Waals surface area contributed by atoms with Crippen LogP contribution in [0.3, 0.4) is 0 Å². The number of carbonyl (C=O) groups excluding carboxylic acids is 1. The molecule has 0 saturated carbocycles. The minimum Gasteiger partial charge on any atom is -0.387 e. The summed E-state index contributed by atoms with van der Waals surface area (Å²) in [6, 6.07) is 15.1. The van der Waals surface area contributed by atoms with Gasteiger partial charge in [0.15, 0.2) is 0 Å². The van der Waals surface area contributed by atoms with E-state index in [0.29, 0.717) is 11.4 Å². The Morgan fingerprint density at radius 1 is 1.04 bits per heavy atom. The van der Waals surface area contributed by atoms with E-state index in [9.17, 15) is 4.79 Å². The predicted octanol–water partition coefficient (Wildman–Crippen LogP) is 3.58. The third-order valence-electron chi connectivity index (χ3n) is 4.00. The van der Waals surface area contributed by atoms with Gasteiger partial charge >= 0.3 is 0 Å². The summed E-state index contributed by atoms with van der Waals surface area (Å²) >= 11 is 0. The van der Waals surface area contributed by atoms with Gasteiger partial charge in [-0.1, -0.05) is 51.1 Å². The fraction of sp³-hybridized carbons (Fsp3) is 0.263. The summed E-state index contributed by atoms with van der Waals surface area (Å²) in [6.45, 7) is 6.06. The Morgan fingerprint density at radius 3 is 2.46 bits per heavy atom. The summed E-state index contributed by atoms with van der Waals surface area (Å²) < 4.78 is 0. The van der Waals surface area contributed by atoms with Gasteiger partial charge in [-0.25, -0.2) is 4.99 Å². The fourth-order valence-electron chi connectivity index (χ4n) is 2.49. The van der Waals surface area contributed by atoms with Gasteiger partial charge in [0.2, 0.25) is 0 Å². The van der Waals surface area contributed by atoms with E-state index in [2.05, 4.69) is 15.6 Å². The van der Waals surface area contributed by atoms with E-state index in [1.165, 1.54) is 0 Å². The second-order valence-corrected chi connectivity index (χ2v) is 6.90. The van der Waals surface area contributed by atoms with Crippen molar-refractivity contribution < 1.29 is 4.79 Å². The second kappa shape index (κ2) is 6.00. The van der Waals surface area contributed by atoms with Gasteiger partial charge in [-0.05, 0) is 18.2 Å². The fourth-order valence-corrected chi connectivity index (χ4v) is 2.49. The van der Waals surface area contributed by atoms with E-state index >= 15 is 0 Å². The molecule has 1 aliphatic rings. The number of amides is 1. The molecule has 1 aliphatic heterocycles. The summed E-state index contributed by atoms with van der Waals surface area (Å²) in [7, 11) is 0. The van der Waals surface area contributed by atoms with Crippen LogP contribution >= 0.6 is 0 Å². The van der Waals surface area contributed by atoms with E-state index in [4.69, 9.17) is 5.73 Å². The first-order chi connectivity index (χ1) is 11.4. The molecule has 0 fully saturated rings. The largest absolute Gasteiger partial charge is 0.387 e. The minimum atomic E-state index is -0.347. The Kier molecular flexibility index (Phi) is 4.01. The van der Waals surface area contributed by atoms with E-state index in [1.807, 2.05) is 63.2 Å². The van der Waals surface area contributed by atoms with E-state index in [-0.39, 0.29) is 17.5 Å². The van der Waals surface area contributed by atoms with Gasteiger partial charge in [0.05, 0.1) is 11.3 Å². The van der Waals surface area contributed by atoms with Gasteiger partial charge in [0.1, 0.15) is 12.0 Å². The first-order valence-electron chi connectivity index (χ1n) is 7.96. The highest BCUT2D eigenvalue weighted by Gasteiger charge is 2.26. The van der Waals surface area contributed by atoms with Gasteiger partial charge in [0, 0.05) is 16.7 Å². The number of para-hydroxylation sites is 2. The molecule has 0 aromatic heterocycles. The van der Waals surface area contributed by atoms with Crippen LogP contribution in [0.5, 0.6) is 0 Å². The summed E-state index contributed by atoms with van der Waals surface area (Å²) in [5.41, 5.74) is 9.00.